The van der Waals surface area contributed by atoms with Gasteiger partial charge in [0.2, 0.25) is 17.8 Å². The van der Waals surface area contributed by atoms with Gasteiger partial charge >= 0.3 is 0 Å². The summed E-state index contributed by atoms with van der Waals surface area (Å²) < 4.78 is 0. The van der Waals surface area contributed by atoms with E-state index in [0.717, 1.165) is 50.9 Å². The lowest BCUT2D eigenvalue weighted by atomic mass is 9.83. The molecule has 0 amide bonds. The van der Waals surface area contributed by atoms with Gasteiger partial charge in [-0.3, -0.25) is 0 Å². The zero-order chi connectivity index (χ0) is 21.4. The topological polar surface area (TPSA) is 57.2 Å². The zero-order valence-electron chi connectivity index (χ0n) is 18.9. The van der Waals surface area contributed by atoms with Gasteiger partial charge in [-0.2, -0.15) is 15.0 Å². The number of fused-ring (bicyclic) bond motifs is 2. The Labute approximate surface area is 185 Å². The van der Waals surface area contributed by atoms with Crippen LogP contribution >= 0.6 is 0 Å². The third-order valence-electron chi connectivity index (χ3n) is 6.75. The van der Waals surface area contributed by atoms with Gasteiger partial charge in [0.05, 0.1) is 0 Å². The Morgan fingerprint density at radius 1 is 0.710 bits per heavy atom. The van der Waals surface area contributed by atoms with Crippen molar-refractivity contribution in [2.24, 2.45) is 23.7 Å². The normalized spacial score (nSPS) is 29.6. The minimum Gasteiger partial charge on any atom is -0.349 e. The highest BCUT2D eigenvalue weighted by molar-refractivity contribution is 5.47. The molecule has 2 aliphatic heterocycles. The summed E-state index contributed by atoms with van der Waals surface area (Å²) in [5.74, 6) is 4.63. The van der Waals surface area contributed by atoms with Gasteiger partial charge < -0.3 is 15.1 Å². The highest BCUT2D eigenvalue weighted by atomic mass is 15.4. The molecule has 0 aromatic carbocycles. The largest absolute Gasteiger partial charge is 0.349 e. The van der Waals surface area contributed by atoms with Crippen LogP contribution in [0.25, 0.3) is 0 Å². The van der Waals surface area contributed by atoms with E-state index in [1.54, 1.807) is 0 Å². The second kappa shape index (κ2) is 8.13. The Bertz CT molecular complexity index is 860. The van der Waals surface area contributed by atoms with Crippen molar-refractivity contribution in [2.75, 3.05) is 41.3 Å². The predicted molar refractivity (Wildman–Crippen MR) is 127 cm³/mol. The molecule has 0 bridgehead atoms. The average molecular weight is 419 g/mol. The third-order valence-corrected chi connectivity index (χ3v) is 6.75. The van der Waals surface area contributed by atoms with E-state index in [1.165, 1.54) is 0 Å². The summed E-state index contributed by atoms with van der Waals surface area (Å²) in [5.41, 5.74) is -0.107. The first kappa shape index (κ1) is 20.3. The highest BCUT2D eigenvalue weighted by Gasteiger charge is 2.31. The van der Waals surface area contributed by atoms with Gasteiger partial charge in [0.15, 0.2) is 0 Å². The molecular formula is C25H34N6. The van der Waals surface area contributed by atoms with Gasteiger partial charge in [0.1, 0.15) is 0 Å². The molecule has 4 atom stereocenters. The summed E-state index contributed by atoms with van der Waals surface area (Å²) in [7, 11) is 0. The molecule has 0 radical (unpaired) electrons. The minimum absolute atomic E-state index is 0.107. The number of aromatic nitrogens is 3. The van der Waals surface area contributed by atoms with E-state index < -0.39 is 0 Å². The minimum atomic E-state index is -0.107. The molecule has 31 heavy (non-hydrogen) atoms. The molecule has 4 unspecified atom stereocenters. The number of piperidine rings is 2. The summed E-state index contributed by atoms with van der Waals surface area (Å²) >= 11 is 0. The number of hydrogen-bond acceptors (Lipinski definition) is 6. The number of anilines is 3. The molecule has 2 saturated heterocycles. The van der Waals surface area contributed by atoms with Gasteiger partial charge in [0.25, 0.3) is 0 Å². The van der Waals surface area contributed by atoms with Crippen LogP contribution in [0, 0.1) is 23.7 Å². The van der Waals surface area contributed by atoms with Crippen LogP contribution < -0.4 is 15.1 Å². The number of hydrogen-bond donors (Lipinski definition) is 1. The van der Waals surface area contributed by atoms with Gasteiger partial charge in [-0.25, -0.2) is 0 Å². The Morgan fingerprint density at radius 3 is 1.61 bits per heavy atom. The molecule has 6 heteroatoms. The van der Waals surface area contributed by atoms with Crippen molar-refractivity contribution >= 4 is 17.8 Å². The van der Waals surface area contributed by atoms with Gasteiger partial charge in [-0.05, 0) is 45.4 Å². The fraction of sp³-hybridized carbons (Fsp3) is 0.560. The van der Waals surface area contributed by atoms with Gasteiger partial charge in [-0.1, -0.05) is 48.6 Å². The summed E-state index contributed by atoms with van der Waals surface area (Å²) in [4.78, 5) is 19.4. The van der Waals surface area contributed by atoms with Crippen molar-refractivity contribution in [3.05, 3.63) is 48.6 Å². The predicted octanol–water partition coefficient (Wildman–Crippen LogP) is 4.22. The van der Waals surface area contributed by atoms with Crippen molar-refractivity contribution in [1.82, 2.24) is 15.0 Å². The van der Waals surface area contributed by atoms with Crippen LogP contribution in [0.2, 0.25) is 0 Å². The van der Waals surface area contributed by atoms with Crippen molar-refractivity contribution in [1.29, 1.82) is 0 Å². The van der Waals surface area contributed by atoms with Crippen molar-refractivity contribution < 1.29 is 0 Å². The smallest absolute Gasteiger partial charge is 0.231 e. The Morgan fingerprint density at radius 2 is 1.16 bits per heavy atom. The molecule has 4 aliphatic rings. The standard InChI is InChI=1S/C25H34N6/c1-25(2,3)29-22-26-23(30-14-12-18-8-4-6-10-20(18)16-30)28-24(27-22)31-15-13-19-9-5-7-11-21(19)17-31/h4-11,18-21H,12-17H2,1-3H3,(H,26,27,28,29). The van der Waals surface area contributed by atoms with Crippen LogP contribution in [0.5, 0.6) is 0 Å². The van der Waals surface area contributed by atoms with Crippen LogP contribution in [-0.2, 0) is 0 Å². The molecule has 0 saturated carbocycles. The maximum Gasteiger partial charge on any atom is 0.231 e. The van der Waals surface area contributed by atoms with Crippen molar-refractivity contribution in [3.8, 4) is 0 Å². The second-order valence-electron chi connectivity index (χ2n) is 10.3. The Hall–Kier alpha value is -2.63. The number of allylic oxidation sites excluding steroid dienone is 6. The van der Waals surface area contributed by atoms with Crippen molar-refractivity contribution in [2.45, 2.75) is 39.2 Å². The van der Waals surface area contributed by atoms with Crippen LogP contribution in [0.3, 0.4) is 0 Å². The van der Waals surface area contributed by atoms with Gasteiger partial charge in [0, 0.05) is 43.6 Å². The first-order chi connectivity index (χ1) is 14.9. The molecule has 3 heterocycles. The average Bonchev–Trinajstić information content (AvgIpc) is 2.77. The maximum absolute atomic E-state index is 4.99. The molecule has 5 rings (SSSR count). The summed E-state index contributed by atoms with van der Waals surface area (Å²) in [6, 6.07) is 0. The third kappa shape index (κ3) is 4.53. The lowest BCUT2D eigenvalue weighted by molar-refractivity contribution is 0.380. The van der Waals surface area contributed by atoms with Gasteiger partial charge in [-0.15, -0.1) is 0 Å². The van der Waals surface area contributed by atoms with E-state index in [-0.39, 0.29) is 5.54 Å². The fourth-order valence-electron chi connectivity index (χ4n) is 5.10. The van der Waals surface area contributed by atoms with E-state index >= 15 is 0 Å². The first-order valence-electron chi connectivity index (χ1n) is 11.7. The maximum atomic E-state index is 4.99. The molecule has 1 aromatic rings. The molecule has 1 aromatic heterocycles. The molecular weight excluding hydrogens is 384 g/mol. The van der Waals surface area contributed by atoms with Crippen molar-refractivity contribution in [3.63, 3.8) is 0 Å². The highest BCUT2D eigenvalue weighted by Crippen LogP contribution is 2.33. The molecule has 1 N–H and O–H groups in total. The van der Waals surface area contributed by atoms with E-state index in [0.29, 0.717) is 29.6 Å². The monoisotopic (exact) mass is 418 g/mol. The summed E-state index contributed by atoms with van der Waals surface area (Å²) in [6.07, 6.45) is 20.4. The number of nitrogens with one attached hydrogen (secondary N) is 1. The van der Waals surface area contributed by atoms with E-state index in [9.17, 15) is 0 Å². The van der Waals surface area contributed by atoms with Crippen LogP contribution in [0.4, 0.5) is 17.8 Å². The van der Waals surface area contributed by atoms with Crippen LogP contribution in [0.1, 0.15) is 33.6 Å². The Balaban J connectivity index is 1.42. The van der Waals surface area contributed by atoms with E-state index in [4.69, 9.17) is 15.0 Å². The fourth-order valence-corrected chi connectivity index (χ4v) is 5.10. The SMILES string of the molecule is CC(C)(C)Nc1nc(N2CCC3C=CC=CC3C2)nc(N2CCC3C=CC=CC3C2)n1. The van der Waals surface area contributed by atoms with E-state index in [1.807, 2.05) is 0 Å². The molecule has 2 aliphatic carbocycles. The zero-order valence-corrected chi connectivity index (χ0v) is 18.9. The quantitative estimate of drug-likeness (QED) is 0.793. The molecule has 2 fully saturated rings. The molecule has 0 spiro atoms. The van der Waals surface area contributed by atoms with Crippen LogP contribution in [0.15, 0.2) is 48.6 Å². The number of rotatable bonds is 3. The number of nitrogens with zero attached hydrogens (tertiary/aromatic N) is 5. The summed E-state index contributed by atoms with van der Waals surface area (Å²) in [5, 5.41) is 3.49. The molecule has 6 nitrogen and oxygen atoms in total. The Kier molecular flexibility index (Phi) is 5.32. The lowest BCUT2D eigenvalue weighted by Gasteiger charge is -2.39. The van der Waals surface area contributed by atoms with E-state index in [2.05, 4.69) is 84.5 Å². The molecule has 164 valence electrons. The first-order valence-corrected chi connectivity index (χ1v) is 11.7. The summed E-state index contributed by atoms with van der Waals surface area (Å²) in [6.45, 7) is 10.3. The lowest BCUT2D eigenvalue weighted by Crippen LogP contribution is -2.43. The second-order valence-corrected chi connectivity index (χ2v) is 10.3. The van der Waals surface area contributed by atoms with Crippen LogP contribution in [-0.4, -0.2) is 46.7 Å².